The Labute approximate surface area is 337 Å². The van der Waals surface area contributed by atoms with Gasteiger partial charge in [-0.05, 0) is 96.3 Å². The second kappa shape index (κ2) is 23.8. The summed E-state index contributed by atoms with van der Waals surface area (Å²) in [6.45, 7) is 13.2. The molecule has 3 heterocycles. The van der Waals surface area contributed by atoms with E-state index in [0.717, 1.165) is 19.3 Å². The number of methoxy groups -OCH3 is 1. The first-order valence-corrected chi connectivity index (χ1v) is 21.7. The number of allylic oxidation sites excluding steroid dienone is 4. The number of carbonyl (C=O) groups is 1. The molecule has 11 nitrogen and oxygen atoms in total. The lowest BCUT2D eigenvalue weighted by Crippen LogP contribution is -2.58. The molecule has 17 atom stereocenters. The number of fused-ring (bicyclic) bond motifs is 2. The molecule has 2 saturated heterocycles. The third-order valence-corrected chi connectivity index (χ3v) is 13.0. The van der Waals surface area contributed by atoms with Crippen molar-refractivity contribution in [3.05, 3.63) is 36.5 Å². The van der Waals surface area contributed by atoms with Crippen LogP contribution < -0.4 is 0 Å². The SMILES string of the molecule is CC[C@H]1/C=C/C=C/CC[C@@H](O)[C@@H](C)C(O)C[C@@H](OC)C[C@@H](O)[C@H](C)[C@H](O)[C@@H](C)/C=C/C(=O)O[C@H]2C[C@@]3(CC[C@H](C)[C@H](C[C@@H](C)O)O3)O[C@@H](CC1)[C@H]2CCC(C)O. The van der Waals surface area contributed by atoms with Crippen molar-refractivity contribution in [1.82, 2.24) is 0 Å². The quantitative estimate of drug-likeness (QED) is 0.163. The van der Waals surface area contributed by atoms with Crippen molar-refractivity contribution in [2.45, 2.75) is 199 Å². The maximum absolute atomic E-state index is 13.6. The van der Waals surface area contributed by atoms with Crippen molar-refractivity contribution in [3.63, 3.8) is 0 Å². The first-order chi connectivity index (χ1) is 26.5. The Morgan fingerprint density at radius 3 is 2.20 bits per heavy atom. The van der Waals surface area contributed by atoms with Crippen molar-refractivity contribution < 1.29 is 54.4 Å². The number of rotatable bonds is 7. The number of aliphatic hydroxyl groups excluding tert-OH is 6. The Bertz CT molecular complexity index is 1220. The zero-order valence-corrected chi connectivity index (χ0v) is 35.6. The summed E-state index contributed by atoms with van der Waals surface area (Å²) in [4.78, 5) is 13.6. The van der Waals surface area contributed by atoms with E-state index in [-0.39, 0.29) is 42.8 Å². The molecule has 1 spiro atoms. The van der Waals surface area contributed by atoms with Gasteiger partial charge in [-0.1, -0.05) is 65.0 Å². The van der Waals surface area contributed by atoms with E-state index in [0.29, 0.717) is 51.4 Å². The lowest BCUT2D eigenvalue weighted by molar-refractivity contribution is -0.349. The molecule has 2 bridgehead atoms. The van der Waals surface area contributed by atoms with Gasteiger partial charge in [0.1, 0.15) is 6.10 Å². The molecule has 0 aromatic carbocycles. The highest BCUT2D eigenvalue weighted by molar-refractivity contribution is 5.82. The summed E-state index contributed by atoms with van der Waals surface area (Å²) in [5.41, 5.74) is 0. The van der Waals surface area contributed by atoms with Crippen LogP contribution >= 0.6 is 0 Å². The fourth-order valence-electron chi connectivity index (χ4n) is 8.75. The predicted octanol–water partition coefficient (Wildman–Crippen LogP) is 6.16. The summed E-state index contributed by atoms with van der Waals surface area (Å²) >= 11 is 0. The number of hydrogen-bond donors (Lipinski definition) is 6. The van der Waals surface area contributed by atoms with Crippen molar-refractivity contribution in [3.8, 4) is 0 Å². The van der Waals surface area contributed by atoms with E-state index in [9.17, 15) is 35.4 Å². The smallest absolute Gasteiger partial charge is 0.330 e. The molecule has 0 amide bonds. The zero-order chi connectivity index (χ0) is 41.6. The largest absolute Gasteiger partial charge is 0.459 e. The molecule has 324 valence electrons. The second-order valence-corrected chi connectivity index (χ2v) is 17.7. The minimum Gasteiger partial charge on any atom is -0.459 e. The molecule has 11 heteroatoms. The van der Waals surface area contributed by atoms with Gasteiger partial charge in [0.2, 0.25) is 0 Å². The summed E-state index contributed by atoms with van der Waals surface area (Å²) < 4.78 is 25.7. The highest BCUT2D eigenvalue weighted by atomic mass is 16.7. The normalized spacial score (nSPS) is 43.3. The topological polar surface area (TPSA) is 175 Å². The lowest BCUT2D eigenvalue weighted by atomic mass is 9.77. The summed E-state index contributed by atoms with van der Waals surface area (Å²) in [7, 11) is 1.52. The van der Waals surface area contributed by atoms with Crippen LogP contribution in [-0.2, 0) is 23.7 Å². The highest BCUT2D eigenvalue weighted by Gasteiger charge is 2.52. The van der Waals surface area contributed by atoms with E-state index in [2.05, 4.69) is 19.9 Å². The lowest BCUT2D eigenvalue weighted by Gasteiger charge is -2.52. The Balaban J connectivity index is 1.97. The van der Waals surface area contributed by atoms with Crippen molar-refractivity contribution in [2.24, 2.45) is 35.5 Å². The zero-order valence-electron chi connectivity index (χ0n) is 35.6. The molecule has 3 aliphatic rings. The molecule has 56 heavy (non-hydrogen) atoms. The standard InChI is InChI=1S/C45H78O11/c1-9-34-14-12-10-11-13-15-37(48)32(6)38(49)25-35(53-8)26-39(50)33(7)44(52)29(3)16-21-43(51)54-42-27-45(23-22-28(2)41(56-45)24-31(5)47)55-40(20-18-34)36(42)19-17-30(4)46/h10-12,14,16,21,28-42,44,46-50,52H,9,13,15,17-20,22-27H2,1-8H3/b11-10+,14-12+,21-16+/t28-,29-,30?,31+,32+,33-,34-,35+,36+,37+,38?,39+,40-,41-,42-,44+,45-/m0/s1. The van der Waals surface area contributed by atoms with Crippen LogP contribution in [0.25, 0.3) is 0 Å². The Kier molecular flexibility index (Phi) is 20.7. The molecule has 2 unspecified atom stereocenters. The van der Waals surface area contributed by atoms with E-state index >= 15 is 0 Å². The number of esters is 1. The van der Waals surface area contributed by atoms with Gasteiger partial charge in [0.15, 0.2) is 5.79 Å². The molecule has 0 aromatic heterocycles. The first kappa shape index (κ1) is 48.7. The van der Waals surface area contributed by atoms with Crippen LogP contribution in [0.1, 0.15) is 132 Å². The van der Waals surface area contributed by atoms with Crippen LogP contribution in [0, 0.1) is 35.5 Å². The Morgan fingerprint density at radius 1 is 0.857 bits per heavy atom. The maximum Gasteiger partial charge on any atom is 0.330 e. The van der Waals surface area contributed by atoms with Crippen LogP contribution in [0.15, 0.2) is 36.5 Å². The number of carbonyl (C=O) groups excluding carboxylic acids is 1. The first-order valence-electron chi connectivity index (χ1n) is 21.7. The van der Waals surface area contributed by atoms with E-state index in [4.69, 9.17) is 18.9 Å². The maximum atomic E-state index is 13.6. The molecular weight excluding hydrogens is 716 g/mol. The van der Waals surface area contributed by atoms with Gasteiger partial charge in [0.25, 0.3) is 0 Å². The van der Waals surface area contributed by atoms with E-state index in [1.54, 1.807) is 33.8 Å². The average Bonchev–Trinajstić information content (AvgIpc) is 3.15. The molecule has 0 radical (unpaired) electrons. The summed E-state index contributed by atoms with van der Waals surface area (Å²) in [6.07, 6.45) is 12.5. The fourth-order valence-corrected chi connectivity index (χ4v) is 8.75. The molecule has 0 saturated carbocycles. The van der Waals surface area contributed by atoms with Crippen LogP contribution in [-0.4, -0.2) is 111 Å². The van der Waals surface area contributed by atoms with E-state index in [1.165, 1.54) is 13.2 Å². The molecule has 2 fully saturated rings. The van der Waals surface area contributed by atoms with Crippen LogP contribution in [0.2, 0.25) is 0 Å². The minimum atomic E-state index is -0.984. The van der Waals surface area contributed by atoms with Crippen molar-refractivity contribution in [2.75, 3.05) is 7.11 Å². The van der Waals surface area contributed by atoms with E-state index in [1.807, 2.05) is 25.2 Å². The van der Waals surface area contributed by atoms with Gasteiger partial charge >= 0.3 is 5.97 Å². The van der Waals surface area contributed by atoms with Gasteiger partial charge in [0, 0.05) is 49.7 Å². The van der Waals surface area contributed by atoms with Gasteiger partial charge < -0.3 is 49.6 Å². The Morgan fingerprint density at radius 2 is 1.55 bits per heavy atom. The summed E-state index contributed by atoms with van der Waals surface area (Å²) in [6, 6.07) is 0. The fraction of sp³-hybridized carbons (Fsp3) is 0.844. The molecule has 0 aromatic rings. The van der Waals surface area contributed by atoms with Crippen LogP contribution in [0.5, 0.6) is 0 Å². The number of ether oxygens (including phenoxy) is 4. The third-order valence-electron chi connectivity index (χ3n) is 13.0. The van der Waals surface area contributed by atoms with Gasteiger partial charge in [-0.15, -0.1) is 0 Å². The average molecular weight is 795 g/mol. The Hall–Kier alpha value is -1.67. The van der Waals surface area contributed by atoms with Crippen LogP contribution in [0.3, 0.4) is 0 Å². The third kappa shape index (κ3) is 15.2. The summed E-state index contributed by atoms with van der Waals surface area (Å²) in [5.74, 6) is -2.70. The van der Waals surface area contributed by atoms with Crippen LogP contribution in [0.4, 0.5) is 0 Å². The predicted molar refractivity (Wildman–Crippen MR) is 217 cm³/mol. The monoisotopic (exact) mass is 795 g/mol. The summed E-state index contributed by atoms with van der Waals surface area (Å²) in [5, 5.41) is 64.9. The van der Waals surface area contributed by atoms with Crippen molar-refractivity contribution >= 4 is 5.97 Å². The highest BCUT2D eigenvalue weighted by Crippen LogP contribution is 2.47. The number of hydrogen-bond acceptors (Lipinski definition) is 11. The van der Waals surface area contributed by atoms with E-state index < -0.39 is 78.3 Å². The molecule has 6 N–H and O–H groups in total. The number of aliphatic hydroxyl groups is 6. The molecule has 3 aliphatic heterocycles. The van der Waals surface area contributed by atoms with Gasteiger partial charge in [-0.3, -0.25) is 0 Å². The second-order valence-electron chi connectivity index (χ2n) is 17.7. The van der Waals surface area contributed by atoms with Gasteiger partial charge in [0.05, 0.1) is 54.9 Å². The van der Waals surface area contributed by atoms with Crippen molar-refractivity contribution in [1.29, 1.82) is 0 Å². The molecular formula is C45H78O11. The molecule has 0 aliphatic carbocycles. The van der Waals surface area contributed by atoms with Gasteiger partial charge in [-0.2, -0.15) is 0 Å². The molecule has 3 rings (SSSR count). The minimum absolute atomic E-state index is 0.181. The van der Waals surface area contributed by atoms with Gasteiger partial charge in [-0.25, -0.2) is 4.79 Å².